The third-order valence-electron chi connectivity index (χ3n) is 3.44. The summed E-state index contributed by atoms with van der Waals surface area (Å²) in [5.74, 6) is 0. The number of hydrogen-bond donors (Lipinski definition) is 0. The van der Waals surface area contributed by atoms with Gasteiger partial charge in [0.25, 0.3) is 0 Å². The van der Waals surface area contributed by atoms with Gasteiger partial charge >= 0.3 is 0 Å². The minimum absolute atomic E-state index is 0.0443. The van der Waals surface area contributed by atoms with Crippen LogP contribution in [0.15, 0.2) is 18.6 Å². The second-order valence-corrected chi connectivity index (χ2v) is 6.12. The van der Waals surface area contributed by atoms with Gasteiger partial charge in [-0.05, 0) is 20.8 Å². The molecular formula is C13H20N6. The molecule has 0 N–H and O–H groups in total. The molecule has 0 saturated heterocycles. The van der Waals surface area contributed by atoms with Crippen LogP contribution in [-0.4, -0.2) is 36.2 Å². The normalized spacial score (nSPS) is 16.6. The van der Waals surface area contributed by atoms with Gasteiger partial charge in [0.2, 0.25) is 0 Å². The molecule has 0 amide bonds. The van der Waals surface area contributed by atoms with Crippen LogP contribution >= 0.6 is 0 Å². The molecule has 3 heterocycles. The first-order valence-electron chi connectivity index (χ1n) is 6.66. The Morgan fingerprint density at radius 1 is 1.21 bits per heavy atom. The van der Waals surface area contributed by atoms with Crippen LogP contribution in [0, 0.1) is 0 Å². The summed E-state index contributed by atoms with van der Waals surface area (Å²) in [7, 11) is 0. The summed E-state index contributed by atoms with van der Waals surface area (Å²) in [6.07, 6.45) is 5.96. The van der Waals surface area contributed by atoms with Gasteiger partial charge in [-0.25, -0.2) is 4.68 Å². The van der Waals surface area contributed by atoms with Crippen LogP contribution in [0.4, 0.5) is 0 Å². The minimum atomic E-state index is 0.0443. The molecule has 0 aliphatic carbocycles. The number of fused-ring (bicyclic) bond motifs is 1. The molecule has 3 rings (SSSR count). The zero-order chi connectivity index (χ0) is 13.5. The van der Waals surface area contributed by atoms with Crippen molar-refractivity contribution in [3.8, 4) is 0 Å². The summed E-state index contributed by atoms with van der Waals surface area (Å²) in [4.78, 5) is 2.41. The Balaban J connectivity index is 1.68. The SMILES string of the molecule is CC(C)(C)n1cc(CN2CCn3nncc3C2)cn1. The Bertz CT molecular complexity index is 562. The van der Waals surface area contributed by atoms with Gasteiger partial charge in [-0.3, -0.25) is 9.58 Å². The van der Waals surface area contributed by atoms with E-state index in [4.69, 9.17) is 0 Å². The molecule has 102 valence electrons. The first-order valence-corrected chi connectivity index (χ1v) is 6.66. The van der Waals surface area contributed by atoms with Crippen molar-refractivity contribution in [2.45, 2.75) is 45.9 Å². The van der Waals surface area contributed by atoms with E-state index in [1.165, 1.54) is 11.3 Å². The molecule has 6 nitrogen and oxygen atoms in total. The van der Waals surface area contributed by atoms with Gasteiger partial charge in [0.05, 0.1) is 30.2 Å². The van der Waals surface area contributed by atoms with E-state index in [2.05, 4.69) is 47.3 Å². The van der Waals surface area contributed by atoms with Gasteiger partial charge in [0.15, 0.2) is 0 Å². The lowest BCUT2D eigenvalue weighted by Crippen LogP contribution is -2.33. The van der Waals surface area contributed by atoms with E-state index in [-0.39, 0.29) is 5.54 Å². The highest BCUT2D eigenvalue weighted by atomic mass is 15.4. The summed E-state index contributed by atoms with van der Waals surface area (Å²) in [6, 6.07) is 0. The molecule has 0 atom stereocenters. The molecule has 0 fully saturated rings. The molecule has 0 aromatic carbocycles. The third kappa shape index (κ3) is 2.53. The lowest BCUT2D eigenvalue weighted by atomic mass is 10.1. The molecule has 0 saturated carbocycles. The van der Waals surface area contributed by atoms with Crippen LogP contribution in [0.1, 0.15) is 32.0 Å². The van der Waals surface area contributed by atoms with E-state index < -0.39 is 0 Å². The largest absolute Gasteiger partial charge is 0.291 e. The van der Waals surface area contributed by atoms with E-state index in [1.807, 2.05) is 21.8 Å². The van der Waals surface area contributed by atoms with Crippen molar-refractivity contribution < 1.29 is 0 Å². The molecule has 6 heteroatoms. The fourth-order valence-corrected chi connectivity index (χ4v) is 2.34. The summed E-state index contributed by atoms with van der Waals surface area (Å²) >= 11 is 0. The second kappa shape index (κ2) is 4.45. The first-order chi connectivity index (χ1) is 9.02. The molecule has 0 radical (unpaired) electrons. The number of aromatic nitrogens is 5. The summed E-state index contributed by atoms with van der Waals surface area (Å²) in [6.45, 7) is 10.3. The molecule has 2 aromatic heterocycles. The third-order valence-corrected chi connectivity index (χ3v) is 3.44. The monoisotopic (exact) mass is 260 g/mol. The molecular weight excluding hydrogens is 240 g/mol. The molecule has 0 unspecified atom stereocenters. The van der Waals surface area contributed by atoms with Crippen LogP contribution in [0.25, 0.3) is 0 Å². The van der Waals surface area contributed by atoms with Crippen LogP contribution < -0.4 is 0 Å². The van der Waals surface area contributed by atoms with Crippen LogP contribution in [-0.2, 0) is 25.2 Å². The molecule has 2 aromatic rings. The zero-order valence-electron chi connectivity index (χ0n) is 11.7. The van der Waals surface area contributed by atoms with Crippen LogP contribution in [0.3, 0.4) is 0 Å². The lowest BCUT2D eigenvalue weighted by Gasteiger charge is -2.26. The molecule has 19 heavy (non-hydrogen) atoms. The van der Waals surface area contributed by atoms with Gasteiger partial charge < -0.3 is 0 Å². The Labute approximate surface area is 113 Å². The van der Waals surface area contributed by atoms with E-state index in [0.29, 0.717) is 0 Å². The Hall–Kier alpha value is -1.69. The van der Waals surface area contributed by atoms with E-state index >= 15 is 0 Å². The Kier molecular flexibility index (Phi) is 2.89. The van der Waals surface area contributed by atoms with Crippen molar-refractivity contribution in [3.63, 3.8) is 0 Å². The average Bonchev–Trinajstić information content (AvgIpc) is 2.95. The Morgan fingerprint density at radius 3 is 2.79 bits per heavy atom. The predicted molar refractivity (Wildman–Crippen MR) is 71.4 cm³/mol. The van der Waals surface area contributed by atoms with Gasteiger partial charge in [-0.15, -0.1) is 5.10 Å². The van der Waals surface area contributed by atoms with Crippen molar-refractivity contribution in [2.24, 2.45) is 0 Å². The highest BCUT2D eigenvalue weighted by Crippen LogP contribution is 2.16. The lowest BCUT2D eigenvalue weighted by molar-refractivity contribution is 0.204. The summed E-state index contributed by atoms with van der Waals surface area (Å²) < 4.78 is 4.01. The van der Waals surface area contributed by atoms with E-state index in [0.717, 1.165) is 26.2 Å². The minimum Gasteiger partial charge on any atom is -0.291 e. The second-order valence-electron chi connectivity index (χ2n) is 6.12. The fourth-order valence-electron chi connectivity index (χ4n) is 2.34. The average molecular weight is 260 g/mol. The molecule has 1 aliphatic rings. The topological polar surface area (TPSA) is 51.8 Å². The van der Waals surface area contributed by atoms with Gasteiger partial charge in [-0.2, -0.15) is 5.10 Å². The van der Waals surface area contributed by atoms with E-state index in [1.54, 1.807) is 0 Å². The van der Waals surface area contributed by atoms with Gasteiger partial charge in [0.1, 0.15) is 0 Å². The zero-order valence-corrected chi connectivity index (χ0v) is 11.7. The molecule has 0 spiro atoms. The number of hydrogen-bond acceptors (Lipinski definition) is 4. The van der Waals surface area contributed by atoms with Crippen molar-refractivity contribution >= 4 is 0 Å². The maximum absolute atomic E-state index is 4.45. The molecule has 0 bridgehead atoms. The number of rotatable bonds is 2. The molecule has 1 aliphatic heterocycles. The van der Waals surface area contributed by atoms with Crippen LogP contribution in [0.2, 0.25) is 0 Å². The van der Waals surface area contributed by atoms with Crippen molar-refractivity contribution in [1.29, 1.82) is 0 Å². The smallest absolute Gasteiger partial charge is 0.0738 e. The van der Waals surface area contributed by atoms with Gasteiger partial charge in [0, 0.05) is 31.4 Å². The summed E-state index contributed by atoms with van der Waals surface area (Å²) in [5, 5.41) is 12.5. The maximum atomic E-state index is 4.45. The van der Waals surface area contributed by atoms with Crippen molar-refractivity contribution in [3.05, 3.63) is 29.8 Å². The highest BCUT2D eigenvalue weighted by molar-refractivity contribution is 5.06. The maximum Gasteiger partial charge on any atom is 0.0738 e. The fraction of sp³-hybridized carbons (Fsp3) is 0.615. The highest BCUT2D eigenvalue weighted by Gasteiger charge is 2.19. The predicted octanol–water partition coefficient (Wildman–Crippen LogP) is 1.25. The van der Waals surface area contributed by atoms with Crippen molar-refractivity contribution in [1.82, 2.24) is 29.7 Å². The Morgan fingerprint density at radius 2 is 2.05 bits per heavy atom. The van der Waals surface area contributed by atoms with Crippen LogP contribution in [0.5, 0.6) is 0 Å². The standard InChI is InChI=1S/C13H20N6/c1-13(2,3)19-9-11(6-15-19)8-17-4-5-18-12(10-17)7-14-16-18/h6-7,9H,4-5,8,10H2,1-3H3. The first kappa shape index (κ1) is 12.3. The van der Waals surface area contributed by atoms with Gasteiger partial charge in [-0.1, -0.05) is 5.21 Å². The van der Waals surface area contributed by atoms with E-state index in [9.17, 15) is 0 Å². The summed E-state index contributed by atoms with van der Waals surface area (Å²) in [5.41, 5.74) is 2.49. The number of nitrogens with zero attached hydrogens (tertiary/aromatic N) is 6. The van der Waals surface area contributed by atoms with Crippen molar-refractivity contribution in [2.75, 3.05) is 6.54 Å². The quantitative estimate of drug-likeness (QED) is 0.815.